The number of hydrogen-bond acceptors (Lipinski definition) is 4. The first-order valence-electron chi connectivity index (χ1n) is 6.71. The van der Waals surface area contributed by atoms with Gasteiger partial charge >= 0.3 is 0 Å². The van der Waals surface area contributed by atoms with Crippen LogP contribution in [0.15, 0.2) is 5.38 Å². The number of ketones is 1. The van der Waals surface area contributed by atoms with Crippen molar-refractivity contribution in [3.05, 3.63) is 11.1 Å². The number of halogens is 1. The van der Waals surface area contributed by atoms with E-state index >= 15 is 0 Å². The Kier molecular flexibility index (Phi) is 4.51. The molecule has 1 aromatic rings. The third-order valence-corrected chi connectivity index (χ3v) is 5.03. The molecule has 0 bridgehead atoms. The number of anilines is 1. The van der Waals surface area contributed by atoms with E-state index in [4.69, 9.17) is 11.6 Å². The van der Waals surface area contributed by atoms with Crippen molar-refractivity contribution in [2.45, 2.75) is 33.6 Å². The lowest BCUT2D eigenvalue weighted by atomic mass is 9.75. The summed E-state index contributed by atoms with van der Waals surface area (Å²) in [5.41, 5.74) is 0.891. The molecule has 0 spiro atoms. The van der Waals surface area contributed by atoms with Crippen molar-refractivity contribution in [3.8, 4) is 0 Å². The van der Waals surface area contributed by atoms with Crippen LogP contribution in [0.1, 0.15) is 44.1 Å². The monoisotopic (exact) mass is 300 g/mol. The number of rotatable bonds is 3. The molecule has 0 amide bonds. The Labute approximate surface area is 124 Å². The molecule has 1 saturated heterocycles. The molecule has 0 radical (unpaired) electrons. The summed E-state index contributed by atoms with van der Waals surface area (Å²) in [4.78, 5) is 18.2. The number of carbonyl (C=O) groups excluding carboxylic acids is 1. The van der Waals surface area contributed by atoms with E-state index in [1.807, 2.05) is 5.38 Å². The maximum absolute atomic E-state index is 11.5. The fourth-order valence-corrected chi connectivity index (χ4v) is 3.56. The molecule has 1 aromatic heterocycles. The Morgan fingerprint density at radius 3 is 2.63 bits per heavy atom. The van der Waals surface area contributed by atoms with Crippen molar-refractivity contribution in [1.82, 2.24) is 4.98 Å². The van der Waals surface area contributed by atoms with E-state index in [0.29, 0.717) is 11.1 Å². The van der Waals surface area contributed by atoms with E-state index in [-0.39, 0.29) is 11.7 Å². The molecule has 19 heavy (non-hydrogen) atoms. The average Bonchev–Trinajstić information content (AvgIpc) is 2.86. The predicted octanol–water partition coefficient (Wildman–Crippen LogP) is 3.83. The minimum Gasteiger partial charge on any atom is -0.348 e. The number of nitrogens with zero attached hydrogens (tertiary/aromatic N) is 2. The van der Waals surface area contributed by atoms with E-state index in [1.54, 1.807) is 11.3 Å². The number of Topliss-reactive ketones (excluding diaryl/α,β-unsaturated/α-hetero) is 1. The summed E-state index contributed by atoms with van der Waals surface area (Å²) in [6.45, 7) is 9.00. The Hall–Kier alpha value is -0.610. The van der Waals surface area contributed by atoms with Gasteiger partial charge in [0.2, 0.25) is 0 Å². The first-order valence-corrected chi connectivity index (χ1v) is 8.13. The summed E-state index contributed by atoms with van der Waals surface area (Å²) in [6, 6.07) is 0. The maximum atomic E-state index is 11.5. The fourth-order valence-electron chi connectivity index (χ4n) is 2.54. The van der Waals surface area contributed by atoms with Crippen LogP contribution in [0.5, 0.6) is 0 Å². The van der Waals surface area contributed by atoms with E-state index in [0.717, 1.165) is 24.1 Å². The van der Waals surface area contributed by atoms with Gasteiger partial charge in [-0.05, 0) is 24.2 Å². The zero-order chi connectivity index (χ0) is 14.0. The summed E-state index contributed by atoms with van der Waals surface area (Å²) in [5.74, 6) is 0.691. The summed E-state index contributed by atoms with van der Waals surface area (Å²) in [7, 11) is 0. The molecule has 0 aromatic carbocycles. The van der Waals surface area contributed by atoms with Gasteiger partial charge in [0.05, 0.1) is 5.88 Å². The Morgan fingerprint density at radius 1 is 1.47 bits per heavy atom. The molecular weight excluding hydrogens is 280 g/mol. The Morgan fingerprint density at radius 2 is 2.11 bits per heavy atom. The predicted molar refractivity (Wildman–Crippen MR) is 81.6 cm³/mol. The molecule has 0 N–H and O–H groups in total. The Balaban J connectivity index is 1.98. The van der Waals surface area contributed by atoms with Gasteiger partial charge in [0.25, 0.3) is 0 Å². The highest BCUT2D eigenvalue weighted by molar-refractivity contribution is 7.14. The van der Waals surface area contributed by atoms with Crippen LogP contribution in [0.25, 0.3) is 0 Å². The van der Waals surface area contributed by atoms with Crippen molar-refractivity contribution < 1.29 is 4.79 Å². The molecule has 0 aliphatic carbocycles. The van der Waals surface area contributed by atoms with Gasteiger partial charge in [-0.1, -0.05) is 20.8 Å². The smallest absolute Gasteiger partial charge is 0.196 e. The molecule has 1 fully saturated rings. The highest BCUT2D eigenvalue weighted by Crippen LogP contribution is 2.36. The maximum Gasteiger partial charge on any atom is 0.196 e. The van der Waals surface area contributed by atoms with Crippen LogP contribution < -0.4 is 4.90 Å². The quantitative estimate of drug-likeness (QED) is 0.628. The number of alkyl halides is 1. The third-order valence-electron chi connectivity index (χ3n) is 3.89. The standard InChI is InChI=1S/C14H21ClN2OS/c1-14(2,3)10-4-6-17(7-5-10)13-16-11(9-19-13)12(18)8-15/h9-10H,4-8H2,1-3H3. The second-order valence-electron chi connectivity index (χ2n) is 6.20. The average molecular weight is 301 g/mol. The lowest BCUT2D eigenvalue weighted by molar-refractivity contribution is 0.101. The molecule has 1 aliphatic rings. The number of thiazole rings is 1. The molecule has 0 saturated carbocycles. The van der Waals surface area contributed by atoms with E-state index in [2.05, 4.69) is 30.7 Å². The van der Waals surface area contributed by atoms with Gasteiger partial charge in [0, 0.05) is 18.5 Å². The fraction of sp³-hybridized carbons (Fsp3) is 0.714. The van der Waals surface area contributed by atoms with Gasteiger partial charge in [-0.15, -0.1) is 22.9 Å². The van der Waals surface area contributed by atoms with Gasteiger partial charge < -0.3 is 4.90 Å². The van der Waals surface area contributed by atoms with Crippen molar-refractivity contribution >= 4 is 33.9 Å². The molecule has 0 unspecified atom stereocenters. The lowest BCUT2D eigenvalue weighted by Crippen LogP contribution is -2.38. The zero-order valence-corrected chi connectivity index (χ0v) is 13.4. The summed E-state index contributed by atoms with van der Waals surface area (Å²) >= 11 is 7.10. The van der Waals surface area contributed by atoms with Gasteiger partial charge in [-0.25, -0.2) is 4.98 Å². The molecule has 5 heteroatoms. The summed E-state index contributed by atoms with van der Waals surface area (Å²) < 4.78 is 0. The van der Waals surface area contributed by atoms with Crippen LogP contribution in [0.3, 0.4) is 0 Å². The minimum absolute atomic E-state index is 0.00920. The highest BCUT2D eigenvalue weighted by atomic mass is 35.5. The molecule has 3 nitrogen and oxygen atoms in total. The number of carbonyl (C=O) groups is 1. The largest absolute Gasteiger partial charge is 0.348 e. The van der Waals surface area contributed by atoms with Crippen LogP contribution in [-0.2, 0) is 0 Å². The van der Waals surface area contributed by atoms with Gasteiger partial charge in [0.15, 0.2) is 10.9 Å². The van der Waals surface area contributed by atoms with E-state index in [1.165, 1.54) is 12.8 Å². The third kappa shape index (κ3) is 3.48. The van der Waals surface area contributed by atoms with E-state index < -0.39 is 0 Å². The topological polar surface area (TPSA) is 33.2 Å². The van der Waals surface area contributed by atoms with Crippen molar-refractivity contribution in [2.75, 3.05) is 23.9 Å². The molecule has 1 aliphatic heterocycles. The second-order valence-corrected chi connectivity index (χ2v) is 7.30. The molecular formula is C14H21ClN2OS. The molecule has 0 atom stereocenters. The first kappa shape index (κ1) is 14.8. The summed E-state index contributed by atoms with van der Waals surface area (Å²) in [6.07, 6.45) is 2.39. The molecule has 106 valence electrons. The van der Waals surface area contributed by atoms with E-state index in [9.17, 15) is 4.79 Å². The second kappa shape index (κ2) is 5.80. The highest BCUT2D eigenvalue weighted by Gasteiger charge is 2.29. The van der Waals surface area contributed by atoms with Crippen LogP contribution in [-0.4, -0.2) is 29.7 Å². The van der Waals surface area contributed by atoms with Gasteiger partial charge in [0.1, 0.15) is 5.69 Å². The van der Waals surface area contributed by atoms with Crippen LogP contribution in [0.4, 0.5) is 5.13 Å². The first-order chi connectivity index (χ1) is 8.91. The van der Waals surface area contributed by atoms with Gasteiger partial charge in [-0.3, -0.25) is 4.79 Å². The number of piperidine rings is 1. The van der Waals surface area contributed by atoms with Crippen LogP contribution in [0.2, 0.25) is 0 Å². The van der Waals surface area contributed by atoms with Crippen molar-refractivity contribution in [2.24, 2.45) is 11.3 Å². The van der Waals surface area contributed by atoms with Crippen molar-refractivity contribution in [3.63, 3.8) is 0 Å². The van der Waals surface area contributed by atoms with Crippen LogP contribution in [0, 0.1) is 11.3 Å². The lowest BCUT2D eigenvalue weighted by Gasteiger charge is -2.38. The number of hydrogen-bond donors (Lipinski definition) is 0. The Bertz CT molecular complexity index is 445. The number of aromatic nitrogens is 1. The molecule has 2 rings (SSSR count). The zero-order valence-electron chi connectivity index (χ0n) is 11.8. The SMILES string of the molecule is CC(C)(C)C1CCN(c2nc(C(=O)CCl)cs2)CC1. The van der Waals surface area contributed by atoms with Crippen LogP contribution >= 0.6 is 22.9 Å². The molecule has 2 heterocycles. The van der Waals surface area contributed by atoms with Crippen molar-refractivity contribution in [1.29, 1.82) is 0 Å². The normalized spacial score (nSPS) is 17.8. The minimum atomic E-state index is -0.0891. The summed E-state index contributed by atoms with van der Waals surface area (Å²) in [5, 5.41) is 2.77. The van der Waals surface area contributed by atoms with Gasteiger partial charge in [-0.2, -0.15) is 0 Å².